The molecule has 28 heavy (non-hydrogen) atoms. The van der Waals surface area contributed by atoms with Crippen LogP contribution in [0.1, 0.15) is 45.8 Å². The fourth-order valence-corrected chi connectivity index (χ4v) is 5.96. The molecular formula is C20H22Cl3NO3S. The highest BCUT2D eigenvalue weighted by molar-refractivity contribution is 7.13. The average Bonchev–Trinajstić information content (AvgIpc) is 3.18. The Kier molecular flexibility index (Phi) is 7.62. The van der Waals surface area contributed by atoms with E-state index >= 15 is 0 Å². The maximum atomic E-state index is 11.0. The normalized spacial score (nSPS) is 24.6. The monoisotopic (exact) mass is 461 g/mol. The average molecular weight is 463 g/mol. The highest BCUT2D eigenvalue weighted by atomic mass is 35.5. The number of hydrogen-bond acceptors (Lipinski definition) is 4. The molecule has 0 aromatic carbocycles. The van der Waals surface area contributed by atoms with Gasteiger partial charge in [-0.15, -0.1) is 22.9 Å². The summed E-state index contributed by atoms with van der Waals surface area (Å²) in [5, 5.41) is 20.2. The third-order valence-corrected chi connectivity index (χ3v) is 7.42. The van der Waals surface area contributed by atoms with Crippen molar-refractivity contribution in [1.29, 1.82) is 0 Å². The summed E-state index contributed by atoms with van der Waals surface area (Å²) in [4.78, 5) is 16.4. The van der Waals surface area contributed by atoms with Crippen LogP contribution in [0.5, 0.6) is 0 Å². The molecule has 2 aromatic heterocycles. The van der Waals surface area contributed by atoms with E-state index in [0.29, 0.717) is 21.6 Å². The van der Waals surface area contributed by atoms with Crippen molar-refractivity contribution in [2.75, 3.05) is 0 Å². The number of thiophene rings is 1. The second kappa shape index (κ2) is 9.77. The minimum absolute atomic E-state index is 0.0393. The fraction of sp³-hybridized carbons (Fsp3) is 0.500. The highest BCUT2D eigenvalue weighted by Crippen LogP contribution is 2.41. The quantitative estimate of drug-likeness (QED) is 0.389. The van der Waals surface area contributed by atoms with Gasteiger partial charge < -0.3 is 10.2 Å². The first kappa shape index (κ1) is 21.8. The number of carboxylic acid groups (broad SMARTS) is 1. The minimum atomic E-state index is -0.882. The molecule has 2 unspecified atom stereocenters. The van der Waals surface area contributed by atoms with Crippen molar-refractivity contribution in [3.63, 3.8) is 0 Å². The van der Waals surface area contributed by atoms with Gasteiger partial charge in [0.05, 0.1) is 6.10 Å². The standard InChI is InChI=1S/C20H22Cl3NO3S/c21-15-10-16(25)14(6-4-11-8-18(22)24-19(23)9-11)13(15)3-1-2-12-5-7-17(28-12)20(26)27/h5,7-9,13-16,25H,1-4,6,10H2,(H,26,27)/t13-,14?,15?,16-/m1/s1. The Morgan fingerprint density at radius 1 is 1.14 bits per heavy atom. The Hall–Kier alpha value is -0.850. The largest absolute Gasteiger partial charge is 0.477 e. The predicted molar refractivity (Wildman–Crippen MR) is 114 cm³/mol. The molecule has 0 spiro atoms. The molecule has 0 bridgehead atoms. The van der Waals surface area contributed by atoms with Crippen molar-refractivity contribution in [2.24, 2.45) is 11.8 Å². The number of rotatable bonds is 8. The van der Waals surface area contributed by atoms with Gasteiger partial charge in [0.25, 0.3) is 0 Å². The summed E-state index contributed by atoms with van der Waals surface area (Å²) in [5.74, 6) is -0.512. The molecule has 0 radical (unpaired) electrons. The van der Waals surface area contributed by atoms with Crippen LogP contribution in [0, 0.1) is 11.8 Å². The number of halogens is 3. The second-order valence-corrected chi connectivity index (χ2v) is 9.77. The zero-order chi connectivity index (χ0) is 20.3. The van der Waals surface area contributed by atoms with Gasteiger partial charge >= 0.3 is 5.97 Å². The molecule has 0 aliphatic heterocycles. The Bertz CT molecular complexity index is 809. The number of aromatic carboxylic acids is 1. The van der Waals surface area contributed by atoms with E-state index in [9.17, 15) is 9.90 Å². The first-order valence-electron chi connectivity index (χ1n) is 9.29. The number of aryl methyl sites for hydroxylation is 2. The molecule has 2 aromatic rings. The van der Waals surface area contributed by atoms with Crippen molar-refractivity contribution in [1.82, 2.24) is 4.98 Å². The van der Waals surface area contributed by atoms with E-state index < -0.39 is 12.1 Å². The molecule has 152 valence electrons. The minimum Gasteiger partial charge on any atom is -0.477 e. The topological polar surface area (TPSA) is 70.4 Å². The zero-order valence-electron chi connectivity index (χ0n) is 15.2. The van der Waals surface area contributed by atoms with E-state index in [1.807, 2.05) is 6.07 Å². The van der Waals surface area contributed by atoms with Crippen LogP contribution < -0.4 is 0 Å². The van der Waals surface area contributed by atoms with Gasteiger partial charge in [0.15, 0.2) is 0 Å². The molecule has 4 atom stereocenters. The smallest absolute Gasteiger partial charge is 0.345 e. The van der Waals surface area contributed by atoms with Gasteiger partial charge in [-0.1, -0.05) is 23.2 Å². The molecular weight excluding hydrogens is 441 g/mol. The molecule has 2 N–H and O–H groups in total. The van der Waals surface area contributed by atoms with E-state index in [-0.39, 0.29) is 17.2 Å². The van der Waals surface area contributed by atoms with Gasteiger partial charge in [-0.3, -0.25) is 0 Å². The van der Waals surface area contributed by atoms with Gasteiger partial charge in [-0.25, -0.2) is 9.78 Å². The van der Waals surface area contributed by atoms with Gasteiger partial charge in [0.1, 0.15) is 15.2 Å². The number of alkyl halides is 1. The molecule has 0 amide bonds. The van der Waals surface area contributed by atoms with Gasteiger partial charge in [-0.05, 0) is 80.2 Å². The number of hydrogen-bond donors (Lipinski definition) is 2. The zero-order valence-corrected chi connectivity index (χ0v) is 18.2. The van der Waals surface area contributed by atoms with E-state index in [4.69, 9.17) is 39.9 Å². The number of aliphatic hydroxyl groups excluding tert-OH is 1. The molecule has 2 heterocycles. The number of nitrogens with zero attached hydrogens (tertiary/aromatic N) is 1. The van der Waals surface area contributed by atoms with Crippen LogP contribution >= 0.6 is 46.1 Å². The summed E-state index contributed by atoms with van der Waals surface area (Å²) in [6.45, 7) is 0. The summed E-state index contributed by atoms with van der Waals surface area (Å²) in [6, 6.07) is 7.14. The maximum Gasteiger partial charge on any atom is 0.345 e. The Balaban J connectivity index is 1.56. The fourth-order valence-electron chi connectivity index (χ4n) is 4.07. The number of carbonyl (C=O) groups is 1. The van der Waals surface area contributed by atoms with Crippen LogP contribution in [-0.4, -0.2) is 32.6 Å². The lowest BCUT2D eigenvalue weighted by molar-refractivity contribution is 0.0702. The van der Waals surface area contributed by atoms with Crippen molar-refractivity contribution in [2.45, 2.75) is 50.0 Å². The van der Waals surface area contributed by atoms with Crippen LogP contribution in [0.3, 0.4) is 0 Å². The van der Waals surface area contributed by atoms with Crippen molar-refractivity contribution in [3.05, 3.63) is 49.9 Å². The first-order valence-corrected chi connectivity index (χ1v) is 11.3. The van der Waals surface area contributed by atoms with Crippen LogP contribution in [-0.2, 0) is 12.8 Å². The Morgan fingerprint density at radius 2 is 1.86 bits per heavy atom. The Labute approximate surface area is 183 Å². The summed E-state index contributed by atoms with van der Waals surface area (Å²) in [6.07, 6.45) is 4.44. The predicted octanol–water partition coefficient (Wildman–Crippen LogP) is 5.71. The summed E-state index contributed by atoms with van der Waals surface area (Å²) in [5.41, 5.74) is 1.01. The third kappa shape index (κ3) is 5.61. The lowest BCUT2D eigenvalue weighted by atomic mass is 9.85. The summed E-state index contributed by atoms with van der Waals surface area (Å²) in [7, 11) is 0. The van der Waals surface area contributed by atoms with Crippen LogP contribution in [0.25, 0.3) is 0 Å². The van der Waals surface area contributed by atoms with Gasteiger partial charge in [-0.2, -0.15) is 0 Å². The number of aromatic nitrogens is 1. The SMILES string of the molecule is O=C(O)c1ccc(CCC[C@H]2C(Cl)C[C@@H](O)C2CCc2cc(Cl)nc(Cl)c2)s1. The molecule has 0 saturated heterocycles. The lowest BCUT2D eigenvalue weighted by Gasteiger charge is -2.23. The first-order chi connectivity index (χ1) is 13.3. The molecule has 8 heteroatoms. The molecule has 3 rings (SSSR count). The third-order valence-electron chi connectivity index (χ3n) is 5.40. The molecule has 1 saturated carbocycles. The lowest BCUT2D eigenvalue weighted by Crippen LogP contribution is -2.21. The van der Waals surface area contributed by atoms with E-state index in [1.54, 1.807) is 18.2 Å². The molecule has 4 nitrogen and oxygen atoms in total. The maximum absolute atomic E-state index is 11.0. The highest BCUT2D eigenvalue weighted by Gasteiger charge is 2.40. The second-order valence-electron chi connectivity index (χ2n) is 7.27. The van der Waals surface area contributed by atoms with Gasteiger partial charge in [0.2, 0.25) is 0 Å². The van der Waals surface area contributed by atoms with Crippen LogP contribution in [0.4, 0.5) is 0 Å². The molecule has 1 aliphatic rings. The van der Waals surface area contributed by atoms with Crippen LogP contribution in [0.2, 0.25) is 10.3 Å². The summed E-state index contributed by atoms with van der Waals surface area (Å²) < 4.78 is 0. The van der Waals surface area contributed by atoms with Crippen LogP contribution in [0.15, 0.2) is 24.3 Å². The van der Waals surface area contributed by atoms with Crippen molar-refractivity contribution in [3.8, 4) is 0 Å². The number of pyridine rings is 1. The molecule has 1 aliphatic carbocycles. The Morgan fingerprint density at radius 3 is 2.50 bits per heavy atom. The van der Waals surface area contributed by atoms with Gasteiger partial charge in [0, 0.05) is 10.3 Å². The van der Waals surface area contributed by atoms with E-state index in [2.05, 4.69) is 4.98 Å². The van der Waals surface area contributed by atoms with E-state index in [0.717, 1.165) is 42.5 Å². The summed E-state index contributed by atoms with van der Waals surface area (Å²) >= 11 is 19.8. The molecule has 1 fully saturated rings. The number of aliphatic hydroxyl groups is 1. The number of carboxylic acids is 1. The van der Waals surface area contributed by atoms with Crippen molar-refractivity contribution < 1.29 is 15.0 Å². The van der Waals surface area contributed by atoms with Crippen molar-refractivity contribution >= 4 is 52.1 Å². The van der Waals surface area contributed by atoms with E-state index in [1.165, 1.54) is 11.3 Å².